The lowest BCUT2D eigenvalue weighted by atomic mass is 9.93. The second-order valence-corrected chi connectivity index (χ2v) is 5.82. The van der Waals surface area contributed by atoms with Crippen molar-refractivity contribution in [3.63, 3.8) is 0 Å². The summed E-state index contributed by atoms with van der Waals surface area (Å²) in [6.45, 7) is 4.36. The van der Waals surface area contributed by atoms with Crippen molar-refractivity contribution in [3.05, 3.63) is 28.0 Å². The van der Waals surface area contributed by atoms with Gasteiger partial charge in [-0.2, -0.15) is 0 Å². The maximum absolute atomic E-state index is 14.4. The molecule has 2 rings (SSSR count). The number of alkyl halides is 1. The minimum Gasteiger partial charge on any atom is -0.493 e. The standard InChI is InChI=1S/C14H16Cl2FNO2/c1-3-20-14-9(7(2)15)5-10(16)13(17)12(14)8-4-11(19)18-6-8/h5,7-8H,3-4,6H2,1-2H3,(H,18,19). The normalized spacial score (nSPS) is 19.9. The molecule has 0 aromatic heterocycles. The van der Waals surface area contributed by atoms with Crippen LogP contribution in [0.15, 0.2) is 6.07 Å². The van der Waals surface area contributed by atoms with Gasteiger partial charge in [0.25, 0.3) is 0 Å². The Balaban J connectivity index is 2.59. The van der Waals surface area contributed by atoms with Crippen LogP contribution in [0.4, 0.5) is 4.39 Å². The average molecular weight is 320 g/mol. The maximum Gasteiger partial charge on any atom is 0.220 e. The van der Waals surface area contributed by atoms with E-state index in [0.717, 1.165) is 0 Å². The van der Waals surface area contributed by atoms with E-state index in [1.54, 1.807) is 6.92 Å². The van der Waals surface area contributed by atoms with E-state index in [9.17, 15) is 9.18 Å². The number of hydrogen-bond donors (Lipinski definition) is 1. The molecule has 6 heteroatoms. The van der Waals surface area contributed by atoms with Crippen LogP contribution in [0.25, 0.3) is 0 Å². The highest BCUT2D eigenvalue weighted by atomic mass is 35.5. The summed E-state index contributed by atoms with van der Waals surface area (Å²) in [4.78, 5) is 11.4. The second-order valence-electron chi connectivity index (χ2n) is 4.76. The average Bonchev–Trinajstić information content (AvgIpc) is 2.80. The Hall–Kier alpha value is -1.00. The summed E-state index contributed by atoms with van der Waals surface area (Å²) in [6, 6.07) is 1.49. The Morgan fingerprint density at radius 2 is 2.30 bits per heavy atom. The van der Waals surface area contributed by atoms with Crippen molar-refractivity contribution in [1.29, 1.82) is 0 Å². The Labute approximate surface area is 127 Å². The third-order valence-corrected chi connectivity index (χ3v) is 3.85. The molecule has 1 aliphatic rings. The number of carbonyl (C=O) groups excluding carboxylic acids is 1. The Morgan fingerprint density at radius 1 is 1.60 bits per heavy atom. The Morgan fingerprint density at radius 3 is 2.80 bits per heavy atom. The van der Waals surface area contributed by atoms with Crippen LogP contribution >= 0.6 is 23.2 Å². The summed E-state index contributed by atoms with van der Waals surface area (Å²) in [5.74, 6) is -0.495. The molecule has 0 saturated carbocycles. The lowest BCUT2D eigenvalue weighted by Gasteiger charge is -2.21. The molecule has 1 fully saturated rings. The van der Waals surface area contributed by atoms with Gasteiger partial charge in [0.1, 0.15) is 11.6 Å². The van der Waals surface area contributed by atoms with Gasteiger partial charge in [0.15, 0.2) is 0 Å². The number of nitrogens with one attached hydrogen (secondary N) is 1. The zero-order valence-corrected chi connectivity index (χ0v) is 12.8. The summed E-state index contributed by atoms with van der Waals surface area (Å²) < 4.78 is 20.0. The van der Waals surface area contributed by atoms with E-state index in [2.05, 4.69) is 5.32 Å². The van der Waals surface area contributed by atoms with Crippen LogP contribution in [0, 0.1) is 5.82 Å². The fraction of sp³-hybridized carbons (Fsp3) is 0.500. The minimum absolute atomic E-state index is 0.00491. The molecule has 0 aliphatic carbocycles. The van der Waals surface area contributed by atoms with Gasteiger partial charge < -0.3 is 10.1 Å². The van der Waals surface area contributed by atoms with Gasteiger partial charge in [-0.05, 0) is 19.9 Å². The lowest BCUT2D eigenvalue weighted by Crippen LogP contribution is -2.14. The Kier molecular flexibility index (Phi) is 4.76. The van der Waals surface area contributed by atoms with Gasteiger partial charge in [-0.3, -0.25) is 4.79 Å². The number of amides is 1. The molecule has 2 atom stereocenters. The maximum atomic E-state index is 14.4. The van der Waals surface area contributed by atoms with Crippen molar-refractivity contribution in [2.24, 2.45) is 0 Å². The van der Waals surface area contributed by atoms with E-state index < -0.39 is 5.82 Å². The molecule has 1 aromatic rings. The first-order valence-corrected chi connectivity index (χ1v) is 7.32. The molecule has 0 radical (unpaired) electrons. The molecule has 1 heterocycles. The largest absolute Gasteiger partial charge is 0.493 e. The highest BCUT2D eigenvalue weighted by Crippen LogP contribution is 2.42. The first-order valence-electron chi connectivity index (χ1n) is 6.51. The quantitative estimate of drug-likeness (QED) is 0.858. The van der Waals surface area contributed by atoms with E-state index in [1.165, 1.54) is 6.07 Å². The third-order valence-electron chi connectivity index (χ3n) is 3.34. The third kappa shape index (κ3) is 2.86. The number of halogens is 3. The molecule has 1 amide bonds. The van der Waals surface area contributed by atoms with E-state index in [1.807, 2.05) is 6.92 Å². The predicted octanol–water partition coefficient (Wildman–Crippen LogP) is 3.78. The lowest BCUT2D eigenvalue weighted by molar-refractivity contribution is -0.119. The number of rotatable bonds is 4. The van der Waals surface area contributed by atoms with Crippen LogP contribution in [0.1, 0.15) is 42.7 Å². The van der Waals surface area contributed by atoms with Gasteiger partial charge in [-0.15, -0.1) is 11.6 Å². The van der Waals surface area contributed by atoms with Gasteiger partial charge in [0, 0.05) is 30.0 Å². The summed E-state index contributed by atoms with van der Waals surface area (Å²) in [7, 11) is 0. The number of ether oxygens (including phenoxy) is 1. The number of carbonyl (C=O) groups is 1. The van der Waals surface area contributed by atoms with E-state index >= 15 is 0 Å². The smallest absolute Gasteiger partial charge is 0.220 e. The fourth-order valence-corrected chi connectivity index (χ4v) is 2.81. The molecule has 1 aliphatic heterocycles. The van der Waals surface area contributed by atoms with Crippen molar-refractivity contribution in [2.45, 2.75) is 31.6 Å². The minimum atomic E-state index is -0.530. The zero-order chi connectivity index (χ0) is 14.9. The second kappa shape index (κ2) is 6.19. The molecule has 3 nitrogen and oxygen atoms in total. The molecule has 1 saturated heterocycles. The molecule has 1 N–H and O–H groups in total. The highest BCUT2D eigenvalue weighted by molar-refractivity contribution is 6.31. The number of benzene rings is 1. The molecule has 0 bridgehead atoms. The van der Waals surface area contributed by atoms with Crippen LogP contribution in [0.5, 0.6) is 5.75 Å². The SMILES string of the molecule is CCOc1c(C(C)Cl)cc(Cl)c(F)c1C1CNC(=O)C1. The van der Waals surface area contributed by atoms with Crippen molar-refractivity contribution in [2.75, 3.05) is 13.2 Å². The molecule has 110 valence electrons. The van der Waals surface area contributed by atoms with Gasteiger partial charge >= 0.3 is 0 Å². The van der Waals surface area contributed by atoms with E-state index in [0.29, 0.717) is 30.0 Å². The molecular weight excluding hydrogens is 304 g/mol. The van der Waals surface area contributed by atoms with E-state index in [-0.39, 0.29) is 28.6 Å². The van der Waals surface area contributed by atoms with Crippen molar-refractivity contribution < 1.29 is 13.9 Å². The van der Waals surface area contributed by atoms with E-state index in [4.69, 9.17) is 27.9 Å². The van der Waals surface area contributed by atoms with Crippen molar-refractivity contribution in [3.8, 4) is 5.75 Å². The van der Waals surface area contributed by atoms with Gasteiger partial charge in [0.05, 0.1) is 17.0 Å². The molecule has 1 aromatic carbocycles. The Bertz CT molecular complexity index is 534. The summed E-state index contributed by atoms with van der Waals surface area (Å²) >= 11 is 12.1. The van der Waals surface area contributed by atoms with Crippen LogP contribution in [-0.2, 0) is 4.79 Å². The van der Waals surface area contributed by atoms with Crippen LogP contribution in [0.2, 0.25) is 5.02 Å². The first kappa shape index (κ1) is 15.4. The van der Waals surface area contributed by atoms with Crippen molar-refractivity contribution >= 4 is 29.1 Å². The summed E-state index contributed by atoms with van der Waals surface area (Å²) in [5.41, 5.74) is 0.995. The fourth-order valence-electron chi connectivity index (χ4n) is 2.42. The zero-order valence-electron chi connectivity index (χ0n) is 11.3. The molecule has 0 spiro atoms. The predicted molar refractivity (Wildman–Crippen MR) is 77.2 cm³/mol. The van der Waals surface area contributed by atoms with Gasteiger partial charge in [-0.25, -0.2) is 4.39 Å². The van der Waals surface area contributed by atoms with Gasteiger partial charge in [0.2, 0.25) is 5.91 Å². The van der Waals surface area contributed by atoms with Crippen LogP contribution in [-0.4, -0.2) is 19.1 Å². The van der Waals surface area contributed by atoms with Crippen LogP contribution < -0.4 is 10.1 Å². The summed E-state index contributed by atoms with van der Waals surface area (Å²) in [5, 5.41) is 2.34. The monoisotopic (exact) mass is 319 g/mol. The summed E-state index contributed by atoms with van der Waals surface area (Å²) in [6.07, 6.45) is 0.230. The molecular formula is C14H16Cl2FNO2. The highest BCUT2D eigenvalue weighted by Gasteiger charge is 2.31. The van der Waals surface area contributed by atoms with Crippen molar-refractivity contribution in [1.82, 2.24) is 5.32 Å². The first-order chi connectivity index (χ1) is 9.45. The molecule has 2 unspecified atom stereocenters. The molecule has 20 heavy (non-hydrogen) atoms. The number of hydrogen-bond acceptors (Lipinski definition) is 2. The van der Waals surface area contributed by atoms with Gasteiger partial charge in [-0.1, -0.05) is 11.6 Å². The van der Waals surface area contributed by atoms with Crippen LogP contribution in [0.3, 0.4) is 0 Å². The topological polar surface area (TPSA) is 38.3 Å².